The summed E-state index contributed by atoms with van der Waals surface area (Å²) in [6, 6.07) is 6.53. The smallest absolute Gasteiger partial charge is 0.181 e. The molecule has 0 saturated heterocycles. The minimum atomic E-state index is 1.08. The summed E-state index contributed by atoms with van der Waals surface area (Å²) in [4.78, 5) is 0. The first-order chi connectivity index (χ1) is 5.35. The average molecular weight is 147 g/mol. The Morgan fingerprint density at radius 1 is 1.18 bits per heavy atom. The first kappa shape index (κ1) is 9.26. The Morgan fingerprint density at radius 2 is 1.64 bits per heavy atom. The second-order valence-corrected chi connectivity index (χ2v) is 1.74. The molecule has 0 aliphatic rings. The molecule has 3 nitrogen and oxygen atoms in total. The molecule has 0 atom stereocenters. The maximum Gasteiger partial charge on any atom is 0.181 e. The summed E-state index contributed by atoms with van der Waals surface area (Å²) >= 11 is 0. The third kappa shape index (κ3) is 4.74. The molecule has 1 rings (SSSR count). The number of nitrogens with zero attached hydrogens (tertiary/aromatic N) is 3. The summed E-state index contributed by atoms with van der Waals surface area (Å²) in [5.74, 6) is 0. The van der Waals surface area contributed by atoms with Gasteiger partial charge >= 0.3 is 0 Å². The quantitative estimate of drug-likeness (QED) is 0.605. The van der Waals surface area contributed by atoms with Crippen LogP contribution in [0, 0.1) is 22.7 Å². The van der Waals surface area contributed by atoms with Crippen molar-refractivity contribution in [1.82, 2.24) is 4.57 Å². The third-order valence-corrected chi connectivity index (χ3v) is 1.08. The van der Waals surface area contributed by atoms with E-state index in [2.05, 4.69) is 23.9 Å². The van der Waals surface area contributed by atoms with Crippen molar-refractivity contribution in [1.29, 1.82) is 10.5 Å². The zero-order valence-electron chi connectivity index (χ0n) is 6.36. The molecule has 0 saturated carbocycles. The topological polar surface area (TPSA) is 52.5 Å². The molecule has 0 aromatic carbocycles. The summed E-state index contributed by atoms with van der Waals surface area (Å²) in [5, 5.41) is 14.5. The highest BCUT2D eigenvalue weighted by molar-refractivity contribution is 4.99. The van der Waals surface area contributed by atoms with Crippen LogP contribution in [0.3, 0.4) is 0 Å². The van der Waals surface area contributed by atoms with E-state index in [1.807, 2.05) is 12.1 Å². The highest BCUT2D eigenvalue weighted by atomic mass is 14.9. The van der Waals surface area contributed by atoms with Crippen molar-refractivity contribution in [2.45, 2.75) is 13.5 Å². The molecule has 11 heavy (non-hydrogen) atoms. The van der Waals surface area contributed by atoms with Crippen LogP contribution in [0.25, 0.3) is 0 Å². The molecule has 0 fully saturated rings. The van der Waals surface area contributed by atoms with E-state index < -0.39 is 0 Å². The van der Waals surface area contributed by atoms with Crippen LogP contribution in [0.1, 0.15) is 6.92 Å². The molecule has 0 radical (unpaired) electrons. The number of rotatable bonds is 1. The first-order valence-corrected chi connectivity index (χ1v) is 3.24. The van der Waals surface area contributed by atoms with E-state index in [0.29, 0.717) is 0 Å². The van der Waals surface area contributed by atoms with Gasteiger partial charge in [-0.3, -0.25) is 0 Å². The van der Waals surface area contributed by atoms with E-state index in [-0.39, 0.29) is 0 Å². The van der Waals surface area contributed by atoms with Crippen LogP contribution < -0.4 is 0 Å². The van der Waals surface area contributed by atoms with Crippen molar-refractivity contribution in [2.75, 3.05) is 0 Å². The van der Waals surface area contributed by atoms with Gasteiger partial charge in [-0.2, -0.15) is 10.5 Å². The zero-order valence-corrected chi connectivity index (χ0v) is 6.36. The van der Waals surface area contributed by atoms with E-state index in [1.165, 1.54) is 12.1 Å². The van der Waals surface area contributed by atoms with Crippen molar-refractivity contribution in [3.63, 3.8) is 0 Å². The standard InChI is InChI=1S/C6H9N.C2N2/c1-2-7-5-3-4-6-7;3-1-2-4/h3-6H,2H2,1H3;. The highest BCUT2D eigenvalue weighted by Gasteiger charge is 1.75. The fourth-order valence-electron chi connectivity index (χ4n) is 0.581. The van der Waals surface area contributed by atoms with Crippen LogP contribution in [-0.2, 0) is 6.54 Å². The second-order valence-electron chi connectivity index (χ2n) is 1.74. The Morgan fingerprint density at radius 3 is 1.82 bits per heavy atom. The summed E-state index contributed by atoms with van der Waals surface area (Å²) in [7, 11) is 0. The second kappa shape index (κ2) is 6.38. The lowest BCUT2D eigenvalue weighted by atomic mass is 10.7. The normalized spacial score (nSPS) is 6.82. The van der Waals surface area contributed by atoms with E-state index in [0.717, 1.165) is 6.54 Å². The number of aromatic nitrogens is 1. The van der Waals surface area contributed by atoms with Gasteiger partial charge in [0.15, 0.2) is 12.1 Å². The Balaban J connectivity index is 0.000000218. The maximum absolute atomic E-state index is 7.26. The molecular formula is C8H9N3. The lowest BCUT2D eigenvalue weighted by molar-refractivity contribution is 0.769. The Hall–Kier alpha value is -1.74. The van der Waals surface area contributed by atoms with Crippen molar-refractivity contribution in [2.24, 2.45) is 0 Å². The minimum Gasteiger partial charge on any atom is -0.355 e. The van der Waals surface area contributed by atoms with Crippen LogP contribution in [-0.4, -0.2) is 4.57 Å². The van der Waals surface area contributed by atoms with Gasteiger partial charge in [0.1, 0.15) is 0 Å². The van der Waals surface area contributed by atoms with Gasteiger partial charge in [0.05, 0.1) is 0 Å². The lowest BCUT2D eigenvalue weighted by Gasteiger charge is -1.89. The van der Waals surface area contributed by atoms with Crippen molar-refractivity contribution in [3.8, 4) is 12.1 Å². The summed E-state index contributed by atoms with van der Waals surface area (Å²) < 4.78 is 2.12. The predicted molar refractivity (Wildman–Crippen MR) is 41.3 cm³/mol. The molecule has 0 spiro atoms. The molecule has 0 bridgehead atoms. The summed E-state index contributed by atoms with van der Waals surface area (Å²) in [5.41, 5.74) is 0. The van der Waals surface area contributed by atoms with Crippen LogP contribution in [0.15, 0.2) is 24.5 Å². The van der Waals surface area contributed by atoms with E-state index >= 15 is 0 Å². The van der Waals surface area contributed by atoms with Gasteiger partial charge in [-0.15, -0.1) is 0 Å². The van der Waals surface area contributed by atoms with Gasteiger partial charge in [-0.05, 0) is 19.1 Å². The van der Waals surface area contributed by atoms with Gasteiger partial charge in [-0.25, -0.2) is 0 Å². The highest BCUT2D eigenvalue weighted by Crippen LogP contribution is 1.86. The Kier molecular flexibility index (Phi) is 5.37. The van der Waals surface area contributed by atoms with Gasteiger partial charge in [0.2, 0.25) is 0 Å². The Bertz CT molecular complexity index is 236. The van der Waals surface area contributed by atoms with Crippen LogP contribution in [0.2, 0.25) is 0 Å². The SMILES string of the molecule is CCn1cccc1.N#CC#N. The summed E-state index contributed by atoms with van der Waals surface area (Å²) in [6.07, 6.45) is 4.11. The van der Waals surface area contributed by atoms with Gasteiger partial charge in [0, 0.05) is 18.9 Å². The van der Waals surface area contributed by atoms with Gasteiger partial charge in [0.25, 0.3) is 0 Å². The molecule has 0 amide bonds. The molecule has 0 N–H and O–H groups in total. The maximum atomic E-state index is 7.26. The average Bonchev–Trinajstić information content (AvgIpc) is 2.56. The van der Waals surface area contributed by atoms with Crippen molar-refractivity contribution < 1.29 is 0 Å². The zero-order chi connectivity index (χ0) is 8.53. The third-order valence-electron chi connectivity index (χ3n) is 1.08. The molecule has 1 heterocycles. The largest absolute Gasteiger partial charge is 0.355 e. The molecule has 3 heteroatoms. The molecular weight excluding hydrogens is 138 g/mol. The van der Waals surface area contributed by atoms with E-state index in [1.54, 1.807) is 0 Å². The van der Waals surface area contributed by atoms with E-state index in [4.69, 9.17) is 10.5 Å². The van der Waals surface area contributed by atoms with Gasteiger partial charge < -0.3 is 4.57 Å². The minimum absolute atomic E-state index is 1.08. The lowest BCUT2D eigenvalue weighted by Crippen LogP contribution is -1.85. The number of nitriles is 2. The molecule has 1 aromatic rings. The van der Waals surface area contributed by atoms with Crippen molar-refractivity contribution >= 4 is 0 Å². The summed E-state index contributed by atoms with van der Waals surface area (Å²) in [6.45, 7) is 3.20. The molecule has 0 aliphatic heterocycles. The molecule has 1 aromatic heterocycles. The number of hydrogen-bond donors (Lipinski definition) is 0. The van der Waals surface area contributed by atoms with Crippen LogP contribution in [0.5, 0.6) is 0 Å². The van der Waals surface area contributed by atoms with Crippen LogP contribution >= 0.6 is 0 Å². The first-order valence-electron chi connectivity index (χ1n) is 3.24. The fraction of sp³-hybridized carbons (Fsp3) is 0.250. The molecule has 56 valence electrons. The van der Waals surface area contributed by atoms with Crippen molar-refractivity contribution in [3.05, 3.63) is 24.5 Å². The van der Waals surface area contributed by atoms with Gasteiger partial charge in [-0.1, -0.05) is 0 Å². The fourth-order valence-corrected chi connectivity index (χ4v) is 0.581. The number of aryl methyl sites for hydroxylation is 1. The monoisotopic (exact) mass is 147 g/mol. The molecule has 0 unspecified atom stereocenters. The van der Waals surface area contributed by atoms with E-state index in [9.17, 15) is 0 Å². The Labute approximate surface area is 66.1 Å². The number of hydrogen-bond acceptors (Lipinski definition) is 2. The van der Waals surface area contributed by atoms with Crippen LogP contribution in [0.4, 0.5) is 0 Å². The predicted octanol–water partition coefficient (Wildman–Crippen LogP) is 1.54. The molecule has 0 aliphatic carbocycles.